The summed E-state index contributed by atoms with van der Waals surface area (Å²) in [6.45, 7) is 7.46. The van der Waals surface area contributed by atoms with Crippen molar-refractivity contribution in [1.82, 2.24) is 15.2 Å². The standard InChI is InChI=1S/C25H34N4O5S.C2HF3O2/c1-5-29(6-2)25(32)20-9-7-8-19-18(14-27-24(19)20)12-16(3)26-15-23(31)17-10-11-22(30)21(13-17)28-35(4,33)34;3-2(4,5)1(6)7/h7-11,13-14,16,23,26-28,30-31H,5-6,12,15H2,1-4H3;(H,6,7)/t16-,23+;/m1./s1. The fourth-order valence-corrected chi connectivity index (χ4v) is 4.68. The van der Waals surface area contributed by atoms with Crippen LogP contribution in [-0.2, 0) is 21.2 Å². The van der Waals surface area contributed by atoms with Gasteiger partial charge in [-0.15, -0.1) is 0 Å². The van der Waals surface area contributed by atoms with Crippen molar-refractivity contribution in [1.29, 1.82) is 0 Å². The van der Waals surface area contributed by atoms with Crippen molar-refractivity contribution < 1.29 is 46.5 Å². The van der Waals surface area contributed by atoms with E-state index in [2.05, 4.69) is 15.0 Å². The van der Waals surface area contributed by atoms with Crippen molar-refractivity contribution in [2.75, 3.05) is 30.6 Å². The van der Waals surface area contributed by atoms with Crippen LogP contribution in [0.5, 0.6) is 5.75 Å². The van der Waals surface area contributed by atoms with E-state index >= 15 is 0 Å². The largest absolute Gasteiger partial charge is 0.506 e. The number of nitrogens with zero attached hydrogens (tertiary/aromatic N) is 1. The molecular weight excluding hydrogens is 581 g/mol. The van der Waals surface area contributed by atoms with E-state index in [1.165, 1.54) is 12.1 Å². The van der Waals surface area contributed by atoms with Gasteiger partial charge >= 0.3 is 12.1 Å². The number of phenols is 1. The number of alkyl halides is 3. The third kappa shape index (κ3) is 9.63. The summed E-state index contributed by atoms with van der Waals surface area (Å²) >= 11 is 0. The number of fused-ring (bicyclic) bond motifs is 1. The predicted octanol–water partition coefficient (Wildman–Crippen LogP) is 3.61. The van der Waals surface area contributed by atoms with Crippen LogP contribution in [0.2, 0.25) is 0 Å². The van der Waals surface area contributed by atoms with E-state index in [1.807, 2.05) is 45.2 Å². The summed E-state index contributed by atoms with van der Waals surface area (Å²) in [5, 5.41) is 31.9. The van der Waals surface area contributed by atoms with Crippen molar-refractivity contribution in [3.8, 4) is 5.75 Å². The number of aliphatic hydroxyl groups excluding tert-OH is 1. The van der Waals surface area contributed by atoms with Crippen LogP contribution >= 0.6 is 0 Å². The number of amides is 1. The van der Waals surface area contributed by atoms with Gasteiger partial charge in [-0.3, -0.25) is 9.52 Å². The monoisotopic (exact) mass is 616 g/mol. The molecule has 0 saturated carbocycles. The zero-order chi connectivity index (χ0) is 31.8. The average molecular weight is 617 g/mol. The van der Waals surface area contributed by atoms with Gasteiger partial charge in [0.2, 0.25) is 10.0 Å². The SMILES string of the molecule is CCN(CC)C(=O)c1cccc2c(C[C@@H](C)NC[C@H](O)c3ccc(O)c(NS(C)(=O)=O)c3)c[nH]c12.O=C(O)C(F)(F)F. The molecule has 0 fully saturated rings. The van der Waals surface area contributed by atoms with Gasteiger partial charge in [0, 0.05) is 37.3 Å². The zero-order valence-corrected chi connectivity index (χ0v) is 24.3. The number of anilines is 1. The molecule has 2 atom stereocenters. The number of aromatic nitrogens is 1. The second-order valence-electron chi connectivity index (χ2n) is 9.50. The Bertz CT molecular complexity index is 1490. The van der Waals surface area contributed by atoms with Gasteiger partial charge in [-0.1, -0.05) is 18.2 Å². The number of carboxylic acid groups (broad SMARTS) is 1. The van der Waals surface area contributed by atoms with Gasteiger partial charge in [0.1, 0.15) is 5.75 Å². The lowest BCUT2D eigenvalue weighted by Gasteiger charge is -2.19. The Labute approximate surface area is 241 Å². The first-order chi connectivity index (χ1) is 19.5. The number of para-hydroxylation sites is 1. The highest BCUT2D eigenvalue weighted by Gasteiger charge is 2.38. The maximum absolute atomic E-state index is 12.9. The van der Waals surface area contributed by atoms with Crippen LogP contribution in [0.4, 0.5) is 18.9 Å². The Balaban J connectivity index is 0.000000782. The first-order valence-corrected chi connectivity index (χ1v) is 14.8. The molecule has 0 aliphatic heterocycles. The fraction of sp³-hybridized carbons (Fsp3) is 0.407. The fourth-order valence-electron chi connectivity index (χ4n) is 4.12. The summed E-state index contributed by atoms with van der Waals surface area (Å²) < 4.78 is 57.0. The highest BCUT2D eigenvalue weighted by molar-refractivity contribution is 7.92. The van der Waals surface area contributed by atoms with Crippen LogP contribution in [0.15, 0.2) is 42.6 Å². The Hall–Kier alpha value is -3.82. The van der Waals surface area contributed by atoms with Gasteiger partial charge in [-0.2, -0.15) is 13.2 Å². The second kappa shape index (κ2) is 14.4. The number of sulfonamides is 1. The number of aromatic amines is 1. The summed E-state index contributed by atoms with van der Waals surface area (Å²) in [5.41, 5.74) is 3.03. The van der Waals surface area contributed by atoms with E-state index in [0.29, 0.717) is 30.6 Å². The molecule has 0 bridgehead atoms. The molecule has 0 radical (unpaired) electrons. The molecule has 15 heteroatoms. The molecule has 232 valence electrons. The molecule has 0 spiro atoms. The Kier molecular flexibility index (Phi) is 11.8. The number of aromatic hydroxyl groups is 1. The second-order valence-corrected chi connectivity index (χ2v) is 11.3. The van der Waals surface area contributed by atoms with Gasteiger partial charge in [0.25, 0.3) is 5.91 Å². The molecule has 2 aromatic carbocycles. The summed E-state index contributed by atoms with van der Waals surface area (Å²) in [6.07, 6.45) is -2.40. The number of benzene rings is 2. The molecule has 1 amide bonds. The highest BCUT2D eigenvalue weighted by atomic mass is 32.2. The third-order valence-electron chi connectivity index (χ3n) is 6.21. The summed E-state index contributed by atoms with van der Waals surface area (Å²) in [6, 6.07) is 10.1. The van der Waals surface area contributed by atoms with Crippen LogP contribution in [-0.4, -0.2) is 83.6 Å². The van der Waals surface area contributed by atoms with Crippen molar-refractivity contribution in [2.45, 2.75) is 45.5 Å². The van der Waals surface area contributed by atoms with Crippen LogP contribution in [0.3, 0.4) is 0 Å². The molecular formula is C27H35F3N4O7S. The van der Waals surface area contributed by atoms with E-state index in [0.717, 1.165) is 22.7 Å². The molecule has 1 heterocycles. The minimum Gasteiger partial charge on any atom is -0.506 e. The van der Waals surface area contributed by atoms with E-state index in [-0.39, 0.29) is 29.9 Å². The van der Waals surface area contributed by atoms with Crippen molar-refractivity contribution >= 4 is 38.5 Å². The van der Waals surface area contributed by atoms with Crippen LogP contribution in [0.1, 0.15) is 48.4 Å². The maximum atomic E-state index is 12.9. The first-order valence-electron chi connectivity index (χ1n) is 12.9. The summed E-state index contributed by atoms with van der Waals surface area (Å²) in [4.78, 5) is 26.8. The third-order valence-corrected chi connectivity index (χ3v) is 6.80. The van der Waals surface area contributed by atoms with E-state index in [4.69, 9.17) is 9.90 Å². The predicted molar refractivity (Wildman–Crippen MR) is 152 cm³/mol. The summed E-state index contributed by atoms with van der Waals surface area (Å²) in [7, 11) is -3.57. The lowest BCUT2D eigenvalue weighted by molar-refractivity contribution is -0.192. The topological polar surface area (TPSA) is 172 Å². The number of rotatable bonds is 11. The Morgan fingerprint density at radius 1 is 1.12 bits per heavy atom. The number of carbonyl (C=O) groups is 2. The van der Waals surface area contributed by atoms with Crippen molar-refractivity contribution in [2.24, 2.45) is 0 Å². The molecule has 42 heavy (non-hydrogen) atoms. The molecule has 0 aliphatic rings. The van der Waals surface area contributed by atoms with Crippen molar-refractivity contribution in [3.63, 3.8) is 0 Å². The number of phenolic OH excluding ortho intramolecular Hbond substituents is 1. The number of hydrogen-bond acceptors (Lipinski definition) is 7. The number of hydrogen-bond donors (Lipinski definition) is 6. The highest BCUT2D eigenvalue weighted by Crippen LogP contribution is 2.28. The number of aliphatic carboxylic acids is 1. The number of nitrogens with one attached hydrogen (secondary N) is 3. The molecule has 1 aromatic heterocycles. The van der Waals surface area contributed by atoms with Gasteiger partial charge in [-0.25, -0.2) is 13.2 Å². The molecule has 0 aliphatic carbocycles. The number of aliphatic hydroxyl groups is 1. The molecule has 3 aromatic rings. The number of carbonyl (C=O) groups excluding carboxylic acids is 1. The molecule has 3 rings (SSSR count). The minimum absolute atomic E-state index is 0.00178. The average Bonchev–Trinajstić information content (AvgIpc) is 3.31. The lowest BCUT2D eigenvalue weighted by Crippen LogP contribution is -2.32. The number of halogens is 3. The van der Waals surface area contributed by atoms with Gasteiger partial charge in [0.05, 0.1) is 29.1 Å². The van der Waals surface area contributed by atoms with Crippen LogP contribution < -0.4 is 10.0 Å². The smallest absolute Gasteiger partial charge is 0.490 e. The van der Waals surface area contributed by atoms with E-state index in [9.17, 15) is 36.6 Å². The molecule has 6 N–H and O–H groups in total. The Morgan fingerprint density at radius 2 is 1.74 bits per heavy atom. The summed E-state index contributed by atoms with van der Waals surface area (Å²) in [5.74, 6) is -2.97. The number of carboxylic acids is 1. The quantitative estimate of drug-likeness (QED) is 0.177. The zero-order valence-electron chi connectivity index (χ0n) is 23.5. The molecule has 0 unspecified atom stereocenters. The van der Waals surface area contributed by atoms with Crippen LogP contribution in [0.25, 0.3) is 10.9 Å². The van der Waals surface area contributed by atoms with E-state index in [1.54, 1.807) is 11.0 Å². The van der Waals surface area contributed by atoms with Gasteiger partial charge < -0.3 is 30.5 Å². The molecule has 0 saturated heterocycles. The normalized spacial score (nSPS) is 13.1. The maximum Gasteiger partial charge on any atom is 0.490 e. The molecule has 11 nitrogen and oxygen atoms in total. The lowest BCUT2D eigenvalue weighted by atomic mass is 10.0. The minimum atomic E-state index is -5.08. The first kappa shape index (κ1) is 34.4. The van der Waals surface area contributed by atoms with Gasteiger partial charge in [-0.05, 0) is 56.5 Å². The van der Waals surface area contributed by atoms with Crippen LogP contribution in [0, 0.1) is 0 Å². The van der Waals surface area contributed by atoms with Gasteiger partial charge in [0.15, 0.2) is 0 Å². The Morgan fingerprint density at radius 3 is 2.29 bits per heavy atom. The number of H-pyrrole nitrogens is 1. The van der Waals surface area contributed by atoms with Crippen molar-refractivity contribution in [3.05, 3.63) is 59.3 Å². The van der Waals surface area contributed by atoms with E-state index < -0.39 is 28.3 Å².